The minimum atomic E-state index is -3.00. The SMILES string of the molecule is CC(F)(F)C[C@H](N)C(=O)O.N#CC1(N)CC1. The molecule has 1 aliphatic rings. The van der Waals surface area contributed by atoms with E-state index in [1.807, 2.05) is 6.07 Å². The molecule has 1 fully saturated rings. The normalized spacial score (nSPS) is 18.8. The number of carboxylic acids is 1. The number of nitrogens with two attached hydrogens (primary N) is 2. The average molecular weight is 235 g/mol. The van der Waals surface area contributed by atoms with Crippen LogP contribution in [0.25, 0.3) is 0 Å². The van der Waals surface area contributed by atoms with Crippen LogP contribution >= 0.6 is 0 Å². The van der Waals surface area contributed by atoms with Gasteiger partial charge in [-0.2, -0.15) is 5.26 Å². The zero-order valence-electron chi connectivity index (χ0n) is 8.91. The van der Waals surface area contributed by atoms with E-state index in [1.165, 1.54) is 0 Å². The zero-order chi connectivity index (χ0) is 13.0. The van der Waals surface area contributed by atoms with E-state index < -0.39 is 29.9 Å². The highest BCUT2D eigenvalue weighted by Crippen LogP contribution is 2.30. The van der Waals surface area contributed by atoms with Gasteiger partial charge in [-0.25, -0.2) is 8.78 Å². The first kappa shape index (κ1) is 14.7. The predicted octanol–water partition coefficient (Wildman–Crippen LogP) is 0.445. The topological polar surface area (TPSA) is 113 Å². The molecule has 92 valence electrons. The van der Waals surface area contributed by atoms with Gasteiger partial charge in [0.15, 0.2) is 0 Å². The molecule has 5 N–H and O–H groups in total. The highest BCUT2D eigenvalue weighted by atomic mass is 19.3. The first-order chi connectivity index (χ1) is 7.09. The number of alkyl halides is 2. The monoisotopic (exact) mass is 235 g/mol. The number of rotatable bonds is 3. The van der Waals surface area contributed by atoms with Gasteiger partial charge in [-0.05, 0) is 19.8 Å². The first-order valence-electron chi connectivity index (χ1n) is 4.66. The zero-order valence-corrected chi connectivity index (χ0v) is 8.91. The number of hydrogen-bond acceptors (Lipinski definition) is 4. The molecule has 0 saturated heterocycles. The van der Waals surface area contributed by atoms with Crippen LogP contribution in [0.3, 0.4) is 0 Å². The molecule has 1 saturated carbocycles. The van der Waals surface area contributed by atoms with Crippen LogP contribution in [-0.4, -0.2) is 28.6 Å². The van der Waals surface area contributed by atoms with Crippen molar-refractivity contribution in [3.05, 3.63) is 0 Å². The molecule has 0 heterocycles. The molecule has 5 nitrogen and oxygen atoms in total. The fraction of sp³-hybridized carbons (Fsp3) is 0.778. The minimum absolute atomic E-state index is 0.403. The Hall–Kier alpha value is -1.26. The largest absolute Gasteiger partial charge is 0.480 e. The summed E-state index contributed by atoms with van der Waals surface area (Å²) in [7, 11) is 0. The minimum Gasteiger partial charge on any atom is -0.480 e. The van der Waals surface area contributed by atoms with Crippen molar-refractivity contribution >= 4 is 5.97 Å². The maximum absolute atomic E-state index is 12.0. The fourth-order valence-electron chi connectivity index (χ4n) is 0.720. The molecule has 1 atom stereocenters. The molecule has 0 aliphatic heterocycles. The van der Waals surface area contributed by atoms with Crippen molar-refractivity contribution in [3.8, 4) is 6.07 Å². The summed E-state index contributed by atoms with van der Waals surface area (Å²) in [5.74, 6) is -4.40. The third-order valence-electron chi connectivity index (χ3n) is 1.91. The highest BCUT2D eigenvalue weighted by Gasteiger charge is 2.38. The lowest BCUT2D eigenvalue weighted by Crippen LogP contribution is -2.35. The van der Waals surface area contributed by atoms with Crippen LogP contribution in [0.15, 0.2) is 0 Å². The number of carbonyl (C=O) groups is 1. The quantitative estimate of drug-likeness (QED) is 0.657. The van der Waals surface area contributed by atoms with Gasteiger partial charge < -0.3 is 16.6 Å². The number of aliphatic carboxylic acids is 1. The molecule has 0 bridgehead atoms. The van der Waals surface area contributed by atoms with Crippen molar-refractivity contribution in [1.29, 1.82) is 5.26 Å². The van der Waals surface area contributed by atoms with Gasteiger partial charge in [-0.15, -0.1) is 0 Å². The van der Waals surface area contributed by atoms with E-state index in [0.717, 1.165) is 12.8 Å². The van der Waals surface area contributed by atoms with Crippen molar-refractivity contribution in [2.45, 2.75) is 43.7 Å². The molecule has 16 heavy (non-hydrogen) atoms. The molecule has 0 aromatic rings. The van der Waals surface area contributed by atoms with Crippen LogP contribution in [0.4, 0.5) is 8.78 Å². The van der Waals surface area contributed by atoms with Crippen LogP contribution < -0.4 is 11.5 Å². The van der Waals surface area contributed by atoms with Crippen LogP contribution in [-0.2, 0) is 4.79 Å². The summed E-state index contributed by atoms with van der Waals surface area (Å²) in [6, 6.07) is 0.521. The van der Waals surface area contributed by atoms with Crippen molar-refractivity contribution in [2.24, 2.45) is 11.5 Å². The standard InChI is InChI=1S/C5H9F2NO2.C4H6N2/c1-5(6,7)2-3(8)4(9)10;5-3-4(6)1-2-4/h3H,2,8H2,1H3,(H,9,10);1-2,6H2/t3-;/m0./s1. The summed E-state index contributed by atoms with van der Waals surface area (Å²) in [4.78, 5) is 9.92. The summed E-state index contributed by atoms with van der Waals surface area (Å²) in [5.41, 5.74) is 9.71. The first-order valence-corrected chi connectivity index (χ1v) is 4.66. The Labute approximate surface area is 92.0 Å². The summed E-state index contributed by atoms with van der Waals surface area (Å²) in [6.45, 7) is 0.635. The van der Waals surface area contributed by atoms with E-state index in [2.05, 4.69) is 0 Å². The lowest BCUT2D eigenvalue weighted by atomic mass is 10.1. The van der Waals surface area contributed by atoms with Gasteiger partial charge in [0, 0.05) is 6.42 Å². The maximum Gasteiger partial charge on any atom is 0.320 e. The van der Waals surface area contributed by atoms with Crippen molar-refractivity contribution in [1.82, 2.24) is 0 Å². The Morgan fingerprint density at radius 1 is 1.69 bits per heavy atom. The number of halogens is 2. The second kappa shape index (κ2) is 5.18. The molecular weight excluding hydrogens is 220 g/mol. The lowest BCUT2D eigenvalue weighted by Gasteiger charge is -2.12. The van der Waals surface area contributed by atoms with Gasteiger partial charge in [0.05, 0.1) is 6.07 Å². The molecule has 0 aromatic heterocycles. The summed E-state index contributed by atoms with van der Waals surface area (Å²) >= 11 is 0. The molecule has 7 heteroatoms. The fourth-order valence-corrected chi connectivity index (χ4v) is 0.720. The number of hydrogen-bond donors (Lipinski definition) is 3. The highest BCUT2D eigenvalue weighted by molar-refractivity contribution is 5.73. The Morgan fingerprint density at radius 2 is 2.12 bits per heavy atom. The third-order valence-corrected chi connectivity index (χ3v) is 1.91. The summed E-state index contributed by atoms with van der Waals surface area (Å²) < 4.78 is 24.0. The Kier molecular flexibility index (Phi) is 4.78. The van der Waals surface area contributed by atoms with Gasteiger partial charge in [0.1, 0.15) is 11.6 Å². The van der Waals surface area contributed by atoms with Crippen molar-refractivity contribution < 1.29 is 18.7 Å². The van der Waals surface area contributed by atoms with Crippen LogP contribution in [0.1, 0.15) is 26.2 Å². The van der Waals surface area contributed by atoms with Gasteiger partial charge in [0.25, 0.3) is 0 Å². The van der Waals surface area contributed by atoms with E-state index in [-0.39, 0.29) is 0 Å². The van der Waals surface area contributed by atoms with Crippen molar-refractivity contribution in [3.63, 3.8) is 0 Å². The molecular formula is C9H15F2N3O2. The maximum atomic E-state index is 12.0. The molecule has 0 aromatic carbocycles. The number of nitriles is 1. The molecule has 1 aliphatic carbocycles. The van der Waals surface area contributed by atoms with Gasteiger partial charge in [-0.3, -0.25) is 4.79 Å². The van der Waals surface area contributed by atoms with Crippen molar-refractivity contribution in [2.75, 3.05) is 0 Å². The van der Waals surface area contributed by atoms with Crippen LogP contribution in [0.2, 0.25) is 0 Å². The molecule has 0 unspecified atom stereocenters. The van der Waals surface area contributed by atoms with E-state index >= 15 is 0 Å². The smallest absolute Gasteiger partial charge is 0.320 e. The lowest BCUT2D eigenvalue weighted by molar-refractivity contribution is -0.140. The Bertz CT molecular complexity index is 292. The van der Waals surface area contributed by atoms with E-state index in [9.17, 15) is 13.6 Å². The van der Waals surface area contributed by atoms with E-state index in [1.54, 1.807) is 0 Å². The third kappa shape index (κ3) is 7.09. The predicted molar refractivity (Wildman–Crippen MR) is 52.6 cm³/mol. The summed E-state index contributed by atoms with van der Waals surface area (Å²) in [5, 5.41) is 16.2. The number of nitrogens with zero attached hydrogens (tertiary/aromatic N) is 1. The molecule has 0 spiro atoms. The van der Waals surface area contributed by atoms with E-state index in [4.69, 9.17) is 21.8 Å². The molecule has 1 rings (SSSR count). The molecule has 0 radical (unpaired) electrons. The molecule has 0 amide bonds. The van der Waals surface area contributed by atoms with Gasteiger partial charge >= 0.3 is 5.97 Å². The van der Waals surface area contributed by atoms with Gasteiger partial charge in [-0.1, -0.05) is 0 Å². The van der Waals surface area contributed by atoms with Crippen LogP contribution in [0.5, 0.6) is 0 Å². The van der Waals surface area contributed by atoms with Gasteiger partial charge in [0.2, 0.25) is 5.92 Å². The Balaban J connectivity index is 0.000000315. The van der Waals surface area contributed by atoms with E-state index in [0.29, 0.717) is 6.92 Å². The second-order valence-electron chi connectivity index (χ2n) is 3.99. The Morgan fingerprint density at radius 3 is 2.19 bits per heavy atom. The summed E-state index contributed by atoms with van der Waals surface area (Å²) in [6.07, 6.45) is 0.968. The average Bonchev–Trinajstić information content (AvgIpc) is 2.83. The second-order valence-corrected chi connectivity index (χ2v) is 3.99. The van der Waals surface area contributed by atoms with Crippen LogP contribution in [0, 0.1) is 11.3 Å². The number of carboxylic acid groups (broad SMARTS) is 1.